The molecule has 2 heterocycles. The molecule has 0 aliphatic carbocycles. The first-order valence-corrected chi connectivity index (χ1v) is 8.58. The Balaban J connectivity index is 1.77. The predicted octanol–water partition coefficient (Wildman–Crippen LogP) is 3.91. The second-order valence-corrected chi connectivity index (χ2v) is 8.23. The van der Waals surface area contributed by atoms with Gasteiger partial charge in [0, 0.05) is 10.9 Å². The molecule has 4 heteroatoms. The molecule has 1 aliphatic heterocycles. The molecule has 1 aromatic heterocycles. The molecule has 1 unspecified atom stereocenters. The molecule has 0 spiro atoms. The molecule has 0 amide bonds. The van der Waals surface area contributed by atoms with Gasteiger partial charge < -0.3 is 5.73 Å². The second-order valence-electron chi connectivity index (χ2n) is 4.46. The average molecular weight is 320 g/mol. The molecule has 2 rings (SSSR count). The van der Waals surface area contributed by atoms with E-state index in [2.05, 4.69) is 39.8 Å². The van der Waals surface area contributed by atoms with E-state index in [-0.39, 0.29) is 0 Å². The molecular formula is C12H18BrNS2. The third kappa shape index (κ3) is 4.06. The lowest BCUT2D eigenvalue weighted by Crippen LogP contribution is -2.27. The maximum absolute atomic E-state index is 6.23. The number of nitrogens with two attached hydrogens (primary N) is 1. The summed E-state index contributed by atoms with van der Waals surface area (Å²) in [5, 5.41) is 0. The summed E-state index contributed by atoms with van der Waals surface area (Å²) < 4.78 is 1.21. The van der Waals surface area contributed by atoms with Crippen LogP contribution in [0.15, 0.2) is 15.9 Å². The Morgan fingerprint density at radius 2 is 2.12 bits per heavy atom. The first-order valence-electron chi connectivity index (χ1n) is 5.81. The maximum Gasteiger partial charge on any atom is 0.0701 e. The summed E-state index contributed by atoms with van der Waals surface area (Å²) in [5.74, 6) is 3.55. The van der Waals surface area contributed by atoms with E-state index in [1.54, 1.807) is 0 Å². The molecule has 1 atom stereocenters. The van der Waals surface area contributed by atoms with Gasteiger partial charge in [0.1, 0.15) is 0 Å². The zero-order valence-corrected chi connectivity index (χ0v) is 12.5. The SMILES string of the molecule is NC(Cc1ccc(Br)s1)CC1CCSCC1. The molecule has 0 bridgehead atoms. The third-order valence-corrected chi connectivity index (χ3v) is 5.76. The van der Waals surface area contributed by atoms with E-state index >= 15 is 0 Å². The van der Waals surface area contributed by atoms with Crippen LogP contribution in [-0.4, -0.2) is 17.5 Å². The number of thioether (sulfide) groups is 1. The third-order valence-electron chi connectivity index (χ3n) is 3.07. The van der Waals surface area contributed by atoms with Crippen LogP contribution >= 0.6 is 39.0 Å². The molecule has 90 valence electrons. The van der Waals surface area contributed by atoms with Crippen LogP contribution in [0.4, 0.5) is 0 Å². The number of thiophene rings is 1. The Morgan fingerprint density at radius 3 is 2.75 bits per heavy atom. The highest BCUT2D eigenvalue weighted by molar-refractivity contribution is 9.11. The van der Waals surface area contributed by atoms with Gasteiger partial charge in [-0.2, -0.15) is 11.8 Å². The molecule has 16 heavy (non-hydrogen) atoms. The Bertz CT molecular complexity index is 321. The van der Waals surface area contributed by atoms with Crippen molar-refractivity contribution in [3.05, 3.63) is 20.8 Å². The van der Waals surface area contributed by atoms with E-state index in [1.807, 2.05) is 11.3 Å². The largest absolute Gasteiger partial charge is 0.327 e. The number of hydrogen-bond donors (Lipinski definition) is 1. The van der Waals surface area contributed by atoms with Gasteiger partial charge in [0.25, 0.3) is 0 Å². The van der Waals surface area contributed by atoms with Crippen LogP contribution < -0.4 is 5.73 Å². The first kappa shape index (κ1) is 12.9. The van der Waals surface area contributed by atoms with Gasteiger partial charge in [0.15, 0.2) is 0 Å². The van der Waals surface area contributed by atoms with Crippen LogP contribution in [0.2, 0.25) is 0 Å². The van der Waals surface area contributed by atoms with Crippen molar-refractivity contribution in [2.24, 2.45) is 11.7 Å². The molecule has 0 aromatic carbocycles. The van der Waals surface area contributed by atoms with Gasteiger partial charge in [-0.25, -0.2) is 0 Å². The summed E-state index contributed by atoms with van der Waals surface area (Å²) in [7, 11) is 0. The normalized spacial score (nSPS) is 19.9. The quantitative estimate of drug-likeness (QED) is 0.910. The van der Waals surface area contributed by atoms with Gasteiger partial charge in [-0.15, -0.1) is 11.3 Å². The summed E-state index contributed by atoms with van der Waals surface area (Å²) in [6, 6.07) is 4.65. The second kappa shape index (κ2) is 6.43. The van der Waals surface area contributed by atoms with E-state index in [9.17, 15) is 0 Å². The van der Waals surface area contributed by atoms with Crippen molar-refractivity contribution < 1.29 is 0 Å². The number of rotatable bonds is 4. The van der Waals surface area contributed by atoms with Crippen LogP contribution in [0.3, 0.4) is 0 Å². The Morgan fingerprint density at radius 1 is 1.38 bits per heavy atom. The van der Waals surface area contributed by atoms with E-state index in [0.717, 1.165) is 12.3 Å². The van der Waals surface area contributed by atoms with E-state index < -0.39 is 0 Å². The predicted molar refractivity (Wildman–Crippen MR) is 78.4 cm³/mol. The lowest BCUT2D eigenvalue weighted by Gasteiger charge is -2.24. The Kier molecular flexibility index (Phi) is 5.20. The van der Waals surface area contributed by atoms with Crippen LogP contribution in [0.5, 0.6) is 0 Å². The molecule has 2 N–H and O–H groups in total. The zero-order valence-electron chi connectivity index (χ0n) is 9.32. The molecule has 1 saturated heterocycles. The van der Waals surface area contributed by atoms with Crippen LogP contribution in [0.1, 0.15) is 24.1 Å². The molecule has 1 nitrogen and oxygen atoms in total. The number of halogens is 1. The fourth-order valence-corrected chi connectivity index (χ4v) is 4.99. The van der Waals surface area contributed by atoms with Gasteiger partial charge >= 0.3 is 0 Å². The minimum atomic E-state index is 0.346. The lowest BCUT2D eigenvalue weighted by atomic mass is 9.93. The highest BCUT2D eigenvalue weighted by atomic mass is 79.9. The first-order chi connectivity index (χ1) is 7.74. The Hall–Kier alpha value is 0.490. The molecule has 0 radical (unpaired) electrons. The standard InChI is InChI=1S/C12H18BrNS2/c13-12-2-1-11(16-12)8-10(14)7-9-3-5-15-6-4-9/h1-2,9-10H,3-8,14H2. The molecule has 1 fully saturated rings. The van der Waals surface area contributed by atoms with Crippen LogP contribution in [0.25, 0.3) is 0 Å². The van der Waals surface area contributed by atoms with Gasteiger partial charge in [-0.1, -0.05) is 0 Å². The molecule has 1 aromatic rings. The highest BCUT2D eigenvalue weighted by Gasteiger charge is 2.17. The monoisotopic (exact) mass is 319 g/mol. The minimum Gasteiger partial charge on any atom is -0.327 e. The minimum absolute atomic E-state index is 0.346. The van der Waals surface area contributed by atoms with Crippen molar-refractivity contribution in [1.29, 1.82) is 0 Å². The molecule has 1 aliphatic rings. The summed E-state index contributed by atoms with van der Waals surface area (Å²) in [4.78, 5) is 1.41. The number of hydrogen-bond acceptors (Lipinski definition) is 3. The van der Waals surface area contributed by atoms with E-state index in [1.165, 1.54) is 39.4 Å². The average Bonchev–Trinajstić information content (AvgIpc) is 2.65. The summed E-state index contributed by atoms with van der Waals surface area (Å²) in [6.45, 7) is 0. The fraction of sp³-hybridized carbons (Fsp3) is 0.667. The van der Waals surface area contributed by atoms with Crippen molar-refractivity contribution in [2.75, 3.05) is 11.5 Å². The molecule has 0 saturated carbocycles. The highest BCUT2D eigenvalue weighted by Crippen LogP contribution is 2.28. The molecular weight excluding hydrogens is 302 g/mol. The van der Waals surface area contributed by atoms with E-state index in [4.69, 9.17) is 5.73 Å². The summed E-state index contributed by atoms with van der Waals surface area (Å²) >= 11 is 7.39. The van der Waals surface area contributed by atoms with Crippen molar-refractivity contribution in [2.45, 2.75) is 31.7 Å². The fourth-order valence-electron chi connectivity index (χ4n) is 2.21. The smallest absolute Gasteiger partial charge is 0.0701 e. The summed E-state index contributed by atoms with van der Waals surface area (Å²) in [5.41, 5.74) is 6.23. The van der Waals surface area contributed by atoms with Crippen LogP contribution in [0, 0.1) is 5.92 Å². The van der Waals surface area contributed by atoms with Gasteiger partial charge in [-0.05, 0) is 71.2 Å². The maximum atomic E-state index is 6.23. The zero-order chi connectivity index (χ0) is 11.4. The van der Waals surface area contributed by atoms with Crippen molar-refractivity contribution >= 4 is 39.0 Å². The van der Waals surface area contributed by atoms with Crippen molar-refractivity contribution in [3.63, 3.8) is 0 Å². The lowest BCUT2D eigenvalue weighted by molar-refractivity contribution is 0.407. The van der Waals surface area contributed by atoms with Crippen molar-refractivity contribution in [3.8, 4) is 0 Å². The Labute approximate surface area is 114 Å². The van der Waals surface area contributed by atoms with E-state index in [0.29, 0.717) is 6.04 Å². The van der Waals surface area contributed by atoms with Gasteiger partial charge in [0.05, 0.1) is 3.79 Å². The van der Waals surface area contributed by atoms with Crippen LogP contribution in [-0.2, 0) is 6.42 Å². The van der Waals surface area contributed by atoms with Gasteiger partial charge in [0.2, 0.25) is 0 Å². The van der Waals surface area contributed by atoms with Crippen molar-refractivity contribution in [1.82, 2.24) is 0 Å². The van der Waals surface area contributed by atoms with Gasteiger partial charge in [-0.3, -0.25) is 0 Å². The summed E-state index contributed by atoms with van der Waals surface area (Å²) in [6.07, 6.45) is 4.98. The topological polar surface area (TPSA) is 26.0 Å².